The Labute approximate surface area is 191 Å². The summed E-state index contributed by atoms with van der Waals surface area (Å²) in [4.78, 5) is 52.8. The number of carbonyl (C=O) groups excluding carboxylic acids is 4. The summed E-state index contributed by atoms with van der Waals surface area (Å²) in [6.45, 7) is 5.55. The van der Waals surface area contributed by atoms with Crippen LogP contribution in [0.2, 0.25) is 5.02 Å². The van der Waals surface area contributed by atoms with Crippen LogP contribution in [-0.4, -0.2) is 47.3 Å². The lowest BCUT2D eigenvalue weighted by atomic mass is 10.1. The first-order valence-corrected chi connectivity index (χ1v) is 10.7. The van der Waals surface area contributed by atoms with Gasteiger partial charge in [-0.25, -0.2) is 0 Å². The molecule has 0 atom stereocenters. The number of rotatable bonds is 7. The van der Waals surface area contributed by atoms with Gasteiger partial charge in [0, 0.05) is 23.8 Å². The number of hydrogen-bond acceptors (Lipinski definition) is 5. The fraction of sp³-hybridized carbons (Fsp3) is 0.333. The Balaban J connectivity index is 1.69. The van der Waals surface area contributed by atoms with Gasteiger partial charge in [0.25, 0.3) is 11.8 Å². The van der Waals surface area contributed by atoms with Gasteiger partial charge in [-0.1, -0.05) is 23.7 Å². The van der Waals surface area contributed by atoms with Gasteiger partial charge < -0.3 is 9.64 Å². The minimum atomic E-state index is -0.700. The molecule has 0 spiro atoms. The number of carbonyl (C=O) groups is 4. The van der Waals surface area contributed by atoms with Crippen LogP contribution in [0, 0.1) is 0 Å². The molecule has 0 N–H and O–H groups in total. The lowest BCUT2D eigenvalue weighted by molar-refractivity contribution is -0.156. The number of hydrogen-bond donors (Lipinski definition) is 0. The van der Waals surface area contributed by atoms with Crippen molar-refractivity contribution in [1.82, 2.24) is 4.90 Å². The smallest absolute Gasteiger partial charge is 0.315 e. The van der Waals surface area contributed by atoms with Crippen molar-refractivity contribution >= 4 is 41.0 Å². The molecule has 0 bridgehead atoms. The molecule has 2 aromatic rings. The van der Waals surface area contributed by atoms with Crippen molar-refractivity contribution in [3.8, 4) is 0 Å². The number of fused-ring (bicyclic) bond motifs is 1. The summed E-state index contributed by atoms with van der Waals surface area (Å²) in [5.41, 5.74) is 0.625. The SMILES string of the molecule is CC(C)(C)OC(=O)CC(=O)N(CCCN1C(=O)c2ccccc2C1=O)c1ccc(Cl)cc1. The number of ether oxygens (including phenoxy) is 1. The average Bonchev–Trinajstić information content (AvgIpc) is 2.95. The second-order valence-electron chi connectivity index (χ2n) is 8.45. The van der Waals surface area contributed by atoms with Gasteiger partial charge in [0.2, 0.25) is 5.91 Å². The Hall–Kier alpha value is -3.19. The van der Waals surface area contributed by atoms with E-state index in [0.29, 0.717) is 28.3 Å². The minimum Gasteiger partial charge on any atom is -0.460 e. The van der Waals surface area contributed by atoms with E-state index in [-0.39, 0.29) is 24.9 Å². The fourth-order valence-corrected chi connectivity index (χ4v) is 3.57. The summed E-state index contributed by atoms with van der Waals surface area (Å²) in [6, 6.07) is 13.3. The molecule has 0 unspecified atom stereocenters. The first kappa shape index (κ1) is 23.5. The monoisotopic (exact) mass is 456 g/mol. The van der Waals surface area contributed by atoms with Gasteiger partial charge in [-0.3, -0.25) is 24.1 Å². The molecule has 0 aromatic heterocycles. The normalized spacial score (nSPS) is 13.2. The summed E-state index contributed by atoms with van der Waals surface area (Å²) in [6.07, 6.45) is -0.0823. The van der Waals surface area contributed by atoms with Crippen LogP contribution in [0.4, 0.5) is 5.69 Å². The molecular weight excluding hydrogens is 432 g/mol. The lowest BCUT2D eigenvalue weighted by Crippen LogP contribution is -2.38. The highest BCUT2D eigenvalue weighted by molar-refractivity contribution is 6.30. The van der Waals surface area contributed by atoms with E-state index in [4.69, 9.17) is 16.3 Å². The molecule has 1 aliphatic rings. The Morgan fingerprint density at radius 1 is 0.969 bits per heavy atom. The van der Waals surface area contributed by atoms with Crippen LogP contribution >= 0.6 is 11.6 Å². The molecule has 3 amide bonds. The minimum absolute atomic E-state index is 0.149. The van der Waals surface area contributed by atoms with E-state index in [1.54, 1.807) is 69.3 Å². The first-order chi connectivity index (χ1) is 15.1. The van der Waals surface area contributed by atoms with Gasteiger partial charge in [0.05, 0.1) is 11.1 Å². The van der Waals surface area contributed by atoms with Crippen molar-refractivity contribution in [3.05, 3.63) is 64.7 Å². The highest BCUT2D eigenvalue weighted by Crippen LogP contribution is 2.24. The second kappa shape index (κ2) is 9.53. The highest BCUT2D eigenvalue weighted by atomic mass is 35.5. The summed E-state index contributed by atoms with van der Waals surface area (Å²) < 4.78 is 5.26. The summed E-state index contributed by atoms with van der Waals surface area (Å²) in [5.74, 6) is -1.75. The Morgan fingerprint density at radius 3 is 2.06 bits per heavy atom. The van der Waals surface area contributed by atoms with E-state index in [0.717, 1.165) is 0 Å². The maximum atomic E-state index is 12.9. The highest BCUT2D eigenvalue weighted by Gasteiger charge is 2.34. The molecule has 0 saturated heterocycles. The Kier molecular flexibility index (Phi) is 6.99. The number of anilines is 1. The predicted octanol–water partition coefficient (Wildman–Crippen LogP) is 4.09. The van der Waals surface area contributed by atoms with Crippen LogP contribution < -0.4 is 4.90 Å². The van der Waals surface area contributed by atoms with E-state index < -0.39 is 23.9 Å². The standard InChI is InChI=1S/C24H25ClN2O5/c1-24(2,3)32-21(29)15-20(28)26(17-11-9-16(25)10-12-17)13-6-14-27-22(30)18-7-4-5-8-19(18)23(27)31/h4-5,7-12H,6,13-15H2,1-3H3. The van der Waals surface area contributed by atoms with Gasteiger partial charge in [-0.05, 0) is 63.6 Å². The van der Waals surface area contributed by atoms with Crippen molar-refractivity contribution in [2.24, 2.45) is 0 Å². The van der Waals surface area contributed by atoms with Gasteiger partial charge >= 0.3 is 5.97 Å². The third-order valence-corrected chi connectivity index (χ3v) is 5.05. The summed E-state index contributed by atoms with van der Waals surface area (Å²) in [7, 11) is 0. The van der Waals surface area contributed by atoms with Crippen LogP contribution in [0.15, 0.2) is 48.5 Å². The van der Waals surface area contributed by atoms with E-state index in [9.17, 15) is 19.2 Å². The number of halogens is 1. The van der Waals surface area contributed by atoms with Crippen LogP contribution in [0.3, 0.4) is 0 Å². The molecule has 0 fully saturated rings. The number of esters is 1. The number of imide groups is 1. The molecule has 32 heavy (non-hydrogen) atoms. The topological polar surface area (TPSA) is 84.0 Å². The van der Waals surface area contributed by atoms with Gasteiger partial charge in [-0.15, -0.1) is 0 Å². The predicted molar refractivity (Wildman–Crippen MR) is 121 cm³/mol. The zero-order chi connectivity index (χ0) is 23.5. The zero-order valence-electron chi connectivity index (χ0n) is 18.3. The molecule has 168 valence electrons. The van der Waals surface area contributed by atoms with Crippen molar-refractivity contribution in [2.75, 3.05) is 18.0 Å². The molecule has 0 radical (unpaired) electrons. The zero-order valence-corrected chi connectivity index (χ0v) is 19.0. The van der Waals surface area contributed by atoms with Crippen LogP contribution in [-0.2, 0) is 14.3 Å². The van der Waals surface area contributed by atoms with Crippen LogP contribution in [0.1, 0.15) is 54.3 Å². The molecule has 2 aromatic carbocycles. The molecule has 8 heteroatoms. The Morgan fingerprint density at radius 2 is 1.53 bits per heavy atom. The molecule has 0 saturated carbocycles. The van der Waals surface area contributed by atoms with E-state index in [2.05, 4.69) is 0 Å². The molecule has 7 nitrogen and oxygen atoms in total. The van der Waals surface area contributed by atoms with Crippen molar-refractivity contribution in [2.45, 2.75) is 39.2 Å². The van der Waals surface area contributed by atoms with Gasteiger partial charge in [0.1, 0.15) is 12.0 Å². The number of benzene rings is 2. The molecule has 3 rings (SSSR count). The Bertz CT molecular complexity index is 1010. The molecular formula is C24H25ClN2O5. The molecule has 1 heterocycles. The van der Waals surface area contributed by atoms with Crippen molar-refractivity contribution < 1.29 is 23.9 Å². The average molecular weight is 457 g/mol. The van der Waals surface area contributed by atoms with Gasteiger partial charge in [-0.2, -0.15) is 0 Å². The number of amides is 3. The van der Waals surface area contributed by atoms with Crippen LogP contribution in [0.25, 0.3) is 0 Å². The number of nitrogens with zero attached hydrogens (tertiary/aromatic N) is 2. The molecule has 0 aliphatic carbocycles. The summed E-state index contributed by atoms with van der Waals surface area (Å²) >= 11 is 5.96. The maximum absolute atomic E-state index is 12.9. The van der Waals surface area contributed by atoms with E-state index >= 15 is 0 Å². The quantitative estimate of drug-likeness (QED) is 0.356. The second-order valence-corrected chi connectivity index (χ2v) is 8.88. The van der Waals surface area contributed by atoms with E-state index in [1.807, 2.05) is 0 Å². The molecule has 1 aliphatic heterocycles. The third kappa shape index (κ3) is 5.53. The van der Waals surface area contributed by atoms with Gasteiger partial charge in [0.15, 0.2) is 0 Å². The van der Waals surface area contributed by atoms with Crippen molar-refractivity contribution in [3.63, 3.8) is 0 Å². The summed E-state index contributed by atoms with van der Waals surface area (Å²) in [5, 5.41) is 0.513. The first-order valence-electron chi connectivity index (χ1n) is 10.3. The van der Waals surface area contributed by atoms with Crippen LogP contribution in [0.5, 0.6) is 0 Å². The largest absolute Gasteiger partial charge is 0.460 e. The maximum Gasteiger partial charge on any atom is 0.315 e. The lowest BCUT2D eigenvalue weighted by Gasteiger charge is -2.25. The van der Waals surface area contributed by atoms with E-state index in [1.165, 1.54) is 9.80 Å². The fourth-order valence-electron chi connectivity index (χ4n) is 3.44. The third-order valence-electron chi connectivity index (χ3n) is 4.80. The van der Waals surface area contributed by atoms with Crippen molar-refractivity contribution in [1.29, 1.82) is 0 Å².